The molecule has 0 amide bonds. The number of nitriles is 1. The fourth-order valence-corrected chi connectivity index (χ4v) is 2.35. The molecule has 0 aliphatic rings. The Morgan fingerprint density at radius 3 is 2.56 bits per heavy atom. The van der Waals surface area contributed by atoms with Gasteiger partial charge in [-0.25, -0.2) is 0 Å². The molecule has 0 aromatic heterocycles. The van der Waals surface area contributed by atoms with E-state index in [1.54, 1.807) is 18.7 Å². The predicted molar refractivity (Wildman–Crippen MR) is 70.5 cm³/mol. The second kappa shape index (κ2) is 7.94. The molecule has 16 heavy (non-hydrogen) atoms. The maximum absolute atomic E-state index is 9.35. The van der Waals surface area contributed by atoms with E-state index in [4.69, 9.17) is 5.26 Å². The average molecular weight is 244 g/mol. The van der Waals surface area contributed by atoms with E-state index < -0.39 is 5.54 Å². The molecule has 3 atom stereocenters. The van der Waals surface area contributed by atoms with Crippen molar-refractivity contribution in [3.05, 3.63) is 0 Å². The Bertz CT molecular complexity index is 228. The molecule has 0 spiro atoms. The van der Waals surface area contributed by atoms with Gasteiger partial charge in [-0.05, 0) is 39.0 Å². The Morgan fingerprint density at radius 1 is 1.50 bits per heavy atom. The molecule has 0 aromatic carbocycles. The SMILES string of the molecule is CCCNC(C)(C#N)CCSC(C)C(C)O. The van der Waals surface area contributed by atoms with E-state index in [1.807, 2.05) is 13.8 Å². The van der Waals surface area contributed by atoms with Crippen LogP contribution >= 0.6 is 11.8 Å². The van der Waals surface area contributed by atoms with Gasteiger partial charge in [-0.3, -0.25) is 5.32 Å². The van der Waals surface area contributed by atoms with Crippen molar-refractivity contribution in [1.82, 2.24) is 5.32 Å². The highest BCUT2D eigenvalue weighted by Gasteiger charge is 2.22. The third kappa shape index (κ3) is 6.37. The van der Waals surface area contributed by atoms with E-state index in [0.29, 0.717) is 0 Å². The second-order valence-corrected chi connectivity index (χ2v) is 5.92. The first-order valence-corrected chi connectivity index (χ1v) is 6.96. The first-order chi connectivity index (χ1) is 7.45. The summed E-state index contributed by atoms with van der Waals surface area (Å²) in [6.07, 6.45) is 1.56. The molecule has 2 N–H and O–H groups in total. The molecule has 0 aliphatic carbocycles. The highest BCUT2D eigenvalue weighted by molar-refractivity contribution is 7.99. The summed E-state index contributed by atoms with van der Waals surface area (Å²) < 4.78 is 0. The van der Waals surface area contributed by atoms with Crippen molar-refractivity contribution in [3.8, 4) is 6.07 Å². The number of aliphatic hydroxyl groups excluding tert-OH is 1. The number of nitrogens with one attached hydrogen (secondary N) is 1. The summed E-state index contributed by atoms with van der Waals surface area (Å²) in [4.78, 5) is 0. The summed E-state index contributed by atoms with van der Waals surface area (Å²) in [6, 6.07) is 2.33. The van der Waals surface area contributed by atoms with Crippen LogP contribution in [0, 0.1) is 11.3 Å². The molecule has 4 heteroatoms. The number of hydrogen-bond donors (Lipinski definition) is 2. The third-order valence-electron chi connectivity index (χ3n) is 2.67. The monoisotopic (exact) mass is 244 g/mol. The summed E-state index contributed by atoms with van der Waals surface area (Å²) in [5.41, 5.74) is -0.429. The Balaban J connectivity index is 3.92. The fourth-order valence-electron chi connectivity index (χ4n) is 1.17. The first kappa shape index (κ1) is 15.8. The number of hydrogen-bond acceptors (Lipinski definition) is 4. The third-order valence-corrected chi connectivity index (χ3v) is 4.03. The van der Waals surface area contributed by atoms with Crippen LogP contribution in [0.25, 0.3) is 0 Å². The highest BCUT2D eigenvalue weighted by Crippen LogP contribution is 2.19. The number of thioether (sulfide) groups is 1. The van der Waals surface area contributed by atoms with Crippen molar-refractivity contribution in [1.29, 1.82) is 5.26 Å². The van der Waals surface area contributed by atoms with E-state index in [-0.39, 0.29) is 11.4 Å². The summed E-state index contributed by atoms with van der Waals surface area (Å²) >= 11 is 1.72. The maximum atomic E-state index is 9.35. The molecule has 0 radical (unpaired) electrons. The summed E-state index contributed by atoms with van der Waals surface area (Å²) in [5, 5.41) is 22.0. The molecule has 0 aliphatic heterocycles. The van der Waals surface area contributed by atoms with Gasteiger partial charge in [0, 0.05) is 5.25 Å². The zero-order valence-corrected chi connectivity index (χ0v) is 11.6. The van der Waals surface area contributed by atoms with Gasteiger partial charge in [-0.1, -0.05) is 13.8 Å². The van der Waals surface area contributed by atoms with Crippen molar-refractivity contribution in [2.45, 2.75) is 57.4 Å². The Morgan fingerprint density at radius 2 is 2.12 bits per heavy atom. The van der Waals surface area contributed by atoms with Crippen LogP contribution < -0.4 is 5.32 Å². The van der Waals surface area contributed by atoms with Crippen LogP contribution in [0.5, 0.6) is 0 Å². The summed E-state index contributed by atoms with van der Waals surface area (Å²) in [7, 11) is 0. The normalized spacial score (nSPS) is 18.5. The van der Waals surface area contributed by atoms with Crippen molar-refractivity contribution in [2.75, 3.05) is 12.3 Å². The second-order valence-electron chi connectivity index (χ2n) is 4.44. The molecule has 0 fully saturated rings. The standard InChI is InChI=1S/C12H24N2OS/c1-5-7-14-12(4,9-13)6-8-16-11(3)10(2)15/h10-11,14-15H,5-8H2,1-4H3. The zero-order chi connectivity index (χ0) is 12.6. The van der Waals surface area contributed by atoms with Crippen LogP contribution in [0.1, 0.15) is 40.5 Å². The van der Waals surface area contributed by atoms with Crippen LogP contribution in [0.15, 0.2) is 0 Å². The van der Waals surface area contributed by atoms with Gasteiger partial charge in [-0.2, -0.15) is 17.0 Å². The molecular weight excluding hydrogens is 220 g/mol. The number of nitrogens with zero attached hydrogens (tertiary/aromatic N) is 1. The first-order valence-electron chi connectivity index (χ1n) is 5.91. The smallest absolute Gasteiger partial charge is 0.104 e. The van der Waals surface area contributed by atoms with Crippen molar-refractivity contribution >= 4 is 11.8 Å². The number of aliphatic hydroxyl groups is 1. The van der Waals surface area contributed by atoms with Gasteiger partial charge < -0.3 is 5.11 Å². The molecule has 0 saturated carbocycles. The van der Waals surface area contributed by atoms with E-state index in [1.165, 1.54) is 0 Å². The van der Waals surface area contributed by atoms with Gasteiger partial charge in [0.15, 0.2) is 0 Å². The topological polar surface area (TPSA) is 56.0 Å². The molecule has 0 saturated heterocycles. The van der Waals surface area contributed by atoms with E-state index >= 15 is 0 Å². The maximum Gasteiger partial charge on any atom is 0.104 e. The van der Waals surface area contributed by atoms with Crippen LogP contribution in [-0.2, 0) is 0 Å². The van der Waals surface area contributed by atoms with Crippen LogP contribution in [0.3, 0.4) is 0 Å². The number of rotatable bonds is 8. The minimum atomic E-state index is -0.429. The van der Waals surface area contributed by atoms with Gasteiger partial charge in [0.05, 0.1) is 12.2 Å². The van der Waals surface area contributed by atoms with E-state index in [9.17, 15) is 5.11 Å². The lowest BCUT2D eigenvalue weighted by Crippen LogP contribution is -2.42. The lowest BCUT2D eigenvalue weighted by molar-refractivity contribution is 0.196. The molecule has 0 aromatic rings. The Labute approximate surface area is 104 Å². The summed E-state index contributed by atoms with van der Waals surface area (Å²) in [6.45, 7) is 8.72. The van der Waals surface area contributed by atoms with Gasteiger partial charge in [0.2, 0.25) is 0 Å². The Kier molecular flexibility index (Phi) is 7.82. The molecule has 3 nitrogen and oxygen atoms in total. The fraction of sp³-hybridized carbons (Fsp3) is 0.917. The lowest BCUT2D eigenvalue weighted by Gasteiger charge is -2.24. The van der Waals surface area contributed by atoms with Crippen LogP contribution in [-0.4, -0.2) is 34.3 Å². The van der Waals surface area contributed by atoms with E-state index in [2.05, 4.69) is 18.3 Å². The average Bonchev–Trinajstić information content (AvgIpc) is 2.26. The highest BCUT2D eigenvalue weighted by atomic mass is 32.2. The van der Waals surface area contributed by atoms with Crippen LogP contribution in [0.2, 0.25) is 0 Å². The predicted octanol–water partition coefficient (Wildman–Crippen LogP) is 2.16. The van der Waals surface area contributed by atoms with E-state index in [0.717, 1.165) is 25.1 Å². The molecule has 0 bridgehead atoms. The van der Waals surface area contributed by atoms with Gasteiger partial charge >= 0.3 is 0 Å². The van der Waals surface area contributed by atoms with Crippen molar-refractivity contribution < 1.29 is 5.11 Å². The molecule has 94 valence electrons. The van der Waals surface area contributed by atoms with Crippen LogP contribution in [0.4, 0.5) is 0 Å². The molecule has 0 heterocycles. The molecule has 0 rings (SSSR count). The Hall–Kier alpha value is -0.240. The molecular formula is C12H24N2OS. The lowest BCUT2D eigenvalue weighted by atomic mass is 10.0. The summed E-state index contributed by atoms with van der Waals surface area (Å²) in [5.74, 6) is 0.896. The van der Waals surface area contributed by atoms with Crippen molar-refractivity contribution in [3.63, 3.8) is 0 Å². The van der Waals surface area contributed by atoms with Crippen molar-refractivity contribution in [2.24, 2.45) is 0 Å². The minimum absolute atomic E-state index is 0.231. The van der Waals surface area contributed by atoms with Gasteiger partial charge in [-0.15, -0.1) is 0 Å². The largest absolute Gasteiger partial charge is 0.392 e. The molecule has 3 unspecified atom stereocenters. The minimum Gasteiger partial charge on any atom is -0.392 e. The zero-order valence-electron chi connectivity index (χ0n) is 10.8. The van der Waals surface area contributed by atoms with Gasteiger partial charge in [0.1, 0.15) is 5.54 Å². The quantitative estimate of drug-likeness (QED) is 0.687. The van der Waals surface area contributed by atoms with Gasteiger partial charge in [0.25, 0.3) is 0 Å².